The van der Waals surface area contributed by atoms with Crippen molar-refractivity contribution in [1.82, 2.24) is 20.0 Å². The molecule has 2 saturated heterocycles. The Kier molecular flexibility index (Phi) is 11.2. The van der Waals surface area contributed by atoms with E-state index >= 15 is 0 Å². The molecule has 2 fully saturated rings. The number of carbonyl (C=O) groups is 1. The number of aliphatic imine (C=N–C) groups is 1. The van der Waals surface area contributed by atoms with E-state index in [1.54, 1.807) is 0 Å². The molecule has 0 radical (unpaired) electrons. The highest BCUT2D eigenvalue weighted by molar-refractivity contribution is 14.0. The molecule has 0 bridgehead atoms. The predicted molar refractivity (Wildman–Crippen MR) is 123 cm³/mol. The van der Waals surface area contributed by atoms with Crippen molar-refractivity contribution in [3.8, 4) is 0 Å². The molecule has 1 amide bonds. The second-order valence-corrected chi connectivity index (χ2v) is 8.62. The lowest BCUT2D eigenvalue weighted by molar-refractivity contribution is -0.132. The molecule has 0 aliphatic carbocycles. The molecule has 1 atom stereocenters. The number of hydrogen-bond acceptors (Lipinski definition) is 4. The standard InChI is InChI=1S/C18H35N5OS.HI/c1-5-19-18(23-12-13-25-16(14-23)15(2)3)20-7-6-17(24)22-10-8-21(4)9-11-22;/h15-16H,5-14H2,1-4H3,(H,19,20);1H. The van der Waals surface area contributed by atoms with Crippen LogP contribution in [0.2, 0.25) is 0 Å². The van der Waals surface area contributed by atoms with Gasteiger partial charge in [0.25, 0.3) is 0 Å². The highest BCUT2D eigenvalue weighted by Gasteiger charge is 2.25. The summed E-state index contributed by atoms with van der Waals surface area (Å²) in [5, 5.41) is 4.06. The average molecular weight is 497 g/mol. The fourth-order valence-corrected chi connectivity index (χ4v) is 4.47. The van der Waals surface area contributed by atoms with Crippen LogP contribution in [0.15, 0.2) is 4.99 Å². The highest BCUT2D eigenvalue weighted by atomic mass is 127. The van der Waals surface area contributed by atoms with Crippen LogP contribution in [-0.2, 0) is 4.79 Å². The van der Waals surface area contributed by atoms with Crippen LogP contribution in [0.4, 0.5) is 0 Å². The molecule has 1 unspecified atom stereocenters. The summed E-state index contributed by atoms with van der Waals surface area (Å²) in [5.74, 6) is 3.03. The van der Waals surface area contributed by atoms with Crippen LogP contribution >= 0.6 is 35.7 Å². The van der Waals surface area contributed by atoms with Gasteiger partial charge in [0.2, 0.25) is 5.91 Å². The molecule has 2 aliphatic heterocycles. The molecule has 0 aromatic carbocycles. The topological polar surface area (TPSA) is 51.2 Å². The van der Waals surface area contributed by atoms with Gasteiger partial charge in [0.05, 0.1) is 6.54 Å². The van der Waals surface area contributed by atoms with E-state index in [-0.39, 0.29) is 29.9 Å². The second-order valence-electron chi connectivity index (χ2n) is 7.27. The number of rotatable bonds is 5. The van der Waals surface area contributed by atoms with Gasteiger partial charge in [0.1, 0.15) is 0 Å². The van der Waals surface area contributed by atoms with Crippen molar-refractivity contribution in [1.29, 1.82) is 0 Å². The van der Waals surface area contributed by atoms with E-state index in [1.165, 1.54) is 0 Å². The van der Waals surface area contributed by atoms with Crippen LogP contribution in [-0.4, -0.2) is 97.0 Å². The highest BCUT2D eigenvalue weighted by Crippen LogP contribution is 2.24. The Bertz CT molecular complexity index is 455. The number of guanidine groups is 1. The molecular weight excluding hydrogens is 461 g/mol. The summed E-state index contributed by atoms with van der Waals surface area (Å²) in [5.41, 5.74) is 0. The van der Waals surface area contributed by atoms with Crippen molar-refractivity contribution in [2.24, 2.45) is 10.9 Å². The monoisotopic (exact) mass is 497 g/mol. The number of nitrogens with zero attached hydrogens (tertiary/aromatic N) is 4. The van der Waals surface area contributed by atoms with Crippen LogP contribution in [0.1, 0.15) is 27.2 Å². The summed E-state index contributed by atoms with van der Waals surface area (Å²) in [4.78, 5) is 23.7. The molecule has 2 aliphatic rings. The lowest BCUT2D eigenvalue weighted by atomic mass is 10.1. The van der Waals surface area contributed by atoms with Gasteiger partial charge in [-0.3, -0.25) is 9.79 Å². The van der Waals surface area contributed by atoms with Crippen molar-refractivity contribution in [3.63, 3.8) is 0 Å². The van der Waals surface area contributed by atoms with E-state index in [1.807, 2.05) is 4.90 Å². The lowest BCUT2D eigenvalue weighted by Crippen LogP contribution is -2.49. The van der Waals surface area contributed by atoms with E-state index in [9.17, 15) is 4.79 Å². The lowest BCUT2D eigenvalue weighted by Gasteiger charge is -2.36. The van der Waals surface area contributed by atoms with Crippen LogP contribution in [0.3, 0.4) is 0 Å². The fraction of sp³-hybridized carbons (Fsp3) is 0.889. The zero-order valence-corrected chi connectivity index (χ0v) is 19.9. The van der Waals surface area contributed by atoms with Gasteiger partial charge in [-0.1, -0.05) is 13.8 Å². The first-order valence-electron chi connectivity index (χ1n) is 9.62. The number of nitrogens with one attached hydrogen (secondary N) is 1. The molecule has 2 rings (SSSR count). The van der Waals surface area contributed by atoms with Gasteiger partial charge in [0, 0.05) is 63.2 Å². The number of carbonyl (C=O) groups excluding carboxylic acids is 1. The minimum Gasteiger partial charge on any atom is -0.357 e. The van der Waals surface area contributed by atoms with Gasteiger partial charge in [-0.15, -0.1) is 24.0 Å². The van der Waals surface area contributed by atoms with E-state index in [0.29, 0.717) is 24.1 Å². The Labute approximate surface area is 180 Å². The SMILES string of the molecule is CCNC(=NCCC(=O)N1CCN(C)CC1)N1CCSC(C(C)C)C1.I. The average Bonchev–Trinajstić information content (AvgIpc) is 2.61. The predicted octanol–water partition coefficient (Wildman–Crippen LogP) is 1.81. The molecule has 6 nitrogen and oxygen atoms in total. The molecule has 26 heavy (non-hydrogen) atoms. The fourth-order valence-electron chi connectivity index (χ4n) is 3.17. The summed E-state index contributed by atoms with van der Waals surface area (Å²) < 4.78 is 0. The van der Waals surface area contributed by atoms with E-state index in [0.717, 1.165) is 57.5 Å². The molecule has 1 N–H and O–H groups in total. The molecule has 152 valence electrons. The first kappa shape index (κ1) is 23.8. The maximum Gasteiger partial charge on any atom is 0.224 e. The normalized spacial score (nSPS) is 22.3. The Morgan fingerprint density at radius 3 is 2.50 bits per heavy atom. The Morgan fingerprint density at radius 2 is 1.88 bits per heavy atom. The molecule has 8 heteroatoms. The number of amides is 1. The maximum absolute atomic E-state index is 12.4. The van der Waals surface area contributed by atoms with Crippen LogP contribution < -0.4 is 5.32 Å². The summed E-state index contributed by atoms with van der Waals surface area (Å²) in [6.45, 7) is 13.8. The van der Waals surface area contributed by atoms with Crippen LogP contribution in [0.5, 0.6) is 0 Å². The van der Waals surface area contributed by atoms with Crippen LogP contribution in [0.25, 0.3) is 0 Å². The van der Waals surface area contributed by atoms with Crippen molar-refractivity contribution < 1.29 is 4.79 Å². The molecule has 0 spiro atoms. The van der Waals surface area contributed by atoms with Crippen molar-refractivity contribution in [2.45, 2.75) is 32.4 Å². The van der Waals surface area contributed by atoms with Crippen molar-refractivity contribution >= 4 is 47.6 Å². The molecule has 0 saturated carbocycles. The number of likely N-dealkylation sites (N-methyl/N-ethyl adjacent to an activating group) is 1. The zero-order chi connectivity index (χ0) is 18.2. The Morgan fingerprint density at radius 1 is 1.19 bits per heavy atom. The van der Waals surface area contributed by atoms with Crippen LogP contribution in [0, 0.1) is 5.92 Å². The zero-order valence-electron chi connectivity index (χ0n) is 16.7. The molecule has 2 heterocycles. The van der Waals surface area contributed by atoms with Crippen molar-refractivity contribution in [2.75, 3.05) is 65.2 Å². The summed E-state index contributed by atoms with van der Waals surface area (Å²) in [7, 11) is 2.11. The summed E-state index contributed by atoms with van der Waals surface area (Å²) in [6.07, 6.45) is 0.509. The van der Waals surface area contributed by atoms with Gasteiger partial charge < -0.3 is 20.0 Å². The Balaban J connectivity index is 0.00000338. The van der Waals surface area contributed by atoms with E-state index < -0.39 is 0 Å². The largest absolute Gasteiger partial charge is 0.357 e. The van der Waals surface area contributed by atoms with Gasteiger partial charge in [-0.2, -0.15) is 11.8 Å². The van der Waals surface area contributed by atoms with Gasteiger partial charge in [-0.05, 0) is 19.9 Å². The number of hydrogen-bond donors (Lipinski definition) is 1. The van der Waals surface area contributed by atoms with Gasteiger partial charge in [-0.25, -0.2) is 0 Å². The number of halogens is 1. The maximum atomic E-state index is 12.4. The second kappa shape index (κ2) is 12.3. The Hall–Kier alpha value is -0.220. The molecular formula is C18H36IN5OS. The molecule has 0 aromatic rings. The third-order valence-electron chi connectivity index (χ3n) is 4.91. The number of piperazine rings is 1. The van der Waals surface area contributed by atoms with Crippen molar-refractivity contribution in [3.05, 3.63) is 0 Å². The van der Waals surface area contributed by atoms with E-state index in [4.69, 9.17) is 4.99 Å². The third-order valence-corrected chi connectivity index (χ3v) is 6.45. The smallest absolute Gasteiger partial charge is 0.224 e. The van der Waals surface area contributed by atoms with Gasteiger partial charge >= 0.3 is 0 Å². The minimum atomic E-state index is 0. The summed E-state index contributed by atoms with van der Waals surface area (Å²) in [6, 6.07) is 0. The number of thioether (sulfide) groups is 1. The van der Waals surface area contributed by atoms with E-state index in [2.05, 4.69) is 54.7 Å². The minimum absolute atomic E-state index is 0. The summed E-state index contributed by atoms with van der Waals surface area (Å²) >= 11 is 2.07. The van der Waals surface area contributed by atoms with Gasteiger partial charge in [0.15, 0.2) is 5.96 Å². The first-order chi connectivity index (χ1) is 12.0. The molecule has 0 aromatic heterocycles. The first-order valence-corrected chi connectivity index (χ1v) is 10.7. The third kappa shape index (κ3) is 7.42. The quantitative estimate of drug-likeness (QED) is 0.357.